The van der Waals surface area contributed by atoms with Crippen molar-refractivity contribution in [2.45, 2.75) is 19.3 Å². The molecule has 160 valence electrons. The zero-order valence-corrected chi connectivity index (χ0v) is 19.5. The molecule has 0 bridgehead atoms. The number of aryl methyl sites for hydroxylation is 1. The lowest BCUT2D eigenvalue weighted by atomic mass is 9.72. The zero-order chi connectivity index (χ0) is 23.3. The van der Waals surface area contributed by atoms with Gasteiger partial charge in [0.1, 0.15) is 7.85 Å². The molecule has 1 aliphatic rings. The predicted octanol–water partition coefficient (Wildman–Crippen LogP) is 7.46. The van der Waals surface area contributed by atoms with Crippen molar-refractivity contribution in [1.82, 2.24) is 0 Å². The normalized spacial score (nSPS) is 16.2. The molecule has 0 aliphatic heterocycles. The van der Waals surface area contributed by atoms with Gasteiger partial charge in [-0.05, 0) is 70.0 Å². The largest absolute Gasteiger partial charge is 0.113 e. The molecule has 5 aromatic carbocycles. The Morgan fingerprint density at radius 1 is 0.529 bits per heavy atom. The van der Waals surface area contributed by atoms with E-state index in [0.29, 0.717) is 0 Å². The van der Waals surface area contributed by atoms with E-state index >= 15 is 0 Å². The molecule has 0 spiro atoms. The summed E-state index contributed by atoms with van der Waals surface area (Å²) in [5.41, 5.74) is 13.2. The lowest BCUT2D eigenvalue weighted by Gasteiger charge is -2.29. The van der Waals surface area contributed by atoms with Crippen LogP contribution in [0.1, 0.15) is 29.2 Å². The van der Waals surface area contributed by atoms with E-state index in [0.717, 1.165) is 5.46 Å². The number of benzene rings is 5. The molecule has 0 nitrogen and oxygen atoms in total. The van der Waals surface area contributed by atoms with Crippen molar-refractivity contribution in [2.75, 3.05) is 0 Å². The van der Waals surface area contributed by atoms with Gasteiger partial charge < -0.3 is 0 Å². The Bertz CT molecular complexity index is 1500. The fourth-order valence-corrected chi connectivity index (χ4v) is 5.41. The van der Waals surface area contributed by atoms with Crippen LogP contribution in [0.3, 0.4) is 0 Å². The summed E-state index contributed by atoms with van der Waals surface area (Å²) in [5, 5.41) is 0. The van der Waals surface area contributed by atoms with Crippen LogP contribution in [0.25, 0.3) is 33.4 Å². The van der Waals surface area contributed by atoms with E-state index < -0.39 is 0 Å². The SMILES string of the molecule is [B]c1ccc2c(c1)C(C)(c1ccc(C)cc1)c1cc(-c3ccc(-c4ccccc4)cc3)ccc1-2. The summed E-state index contributed by atoms with van der Waals surface area (Å²) in [6.07, 6.45) is 0. The van der Waals surface area contributed by atoms with Gasteiger partial charge in [-0.15, -0.1) is 0 Å². The fraction of sp³-hybridized carbons (Fsp3) is 0.0909. The van der Waals surface area contributed by atoms with E-state index in [1.807, 2.05) is 6.07 Å². The summed E-state index contributed by atoms with van der Waals surface area (Å²) < 4.78 is 0. The highest BCUT2D eigenvalue weighted by molar-refractivity contribution is 6.32. The van der Waals surface area contributed by atoms with Crippen LogP contribution < -0.4 is 5.46 Å². The van der Waals surface area contributed by atoms with Gasteiger partial charge in [0.2, 0.25) is 0 Å². The maximum Gasteiger partial charge on any atom is 0.113 e. The van der Waals surface area contributed by atoms with Crippen LogP contribution in [-0.4, -0.2) is 7.85 Å². The number of hydrogen-bond acceptors (Lipinski definition) is 0. The van der Waals surface area contributed by atoms with Gasteiger partial charge in [-0.3, -0.25) is 0 Å². The highest BCUT2D eigenvalue weighted by atomic mass is 14.4. The first-order valence-corrected chi connectivity index (χ1v) is 11.8. The van der Waals surface area contributed by atoms with E-state index in [-0.39, 0.29) is 5.41 Å². The molecule has 1 atom stereocenters. The second-order valence-electron chi connectivity index (χ2n) is 9.50. The summed E-state index contributed by atoms with van der Waals surface area (Å²) in [6.45, 7) is 4.47. The van der Waals surface area contributed by atoms with Crippen LogP contribution >= 0.6 is 0 Å². The van der Waals surface area contributed by atoms with E-state index in [4.69, 9.17) is 7.85 Å². The van der Waals surface area contributed by atoms with Crippen LogP contribution in [0.15, 0.2) is 115 Å². The summed E-state index contributed by atoms with van der Waals surface area (Å²) in [6, 6.07) is 41.6. The number of fused-ring (bicyclic) bond motifs is 3. The predicted molar refractivity (Wildman–Crippen MR) is 145 cm³/mol. The van der Waals surface area contributed by atoms with Crippen LogP contribution in [0.4, 0.5) is 0 Å². The van der Waals surface area contributed by atoms with Crippen molar-refractivity contribution in [2.24, 2.45) is 0 Å². The standard InChI is InChI=1S/C33H25B/c1-22-8-15-27(16-9-22)33(2)31-20-26(14-18-29(31)30-19-17-28(34)21-32(30)33)25-12-10-24(11-13-25)23-6-4-3-5-7-23/h3-21H,1-2H3. The van der Waals surface area contributed by atoms with E-state index in [1.54, 1.807) is 0 Å². The van der Waals surface area contributed by atoms with E-state index in [9.17, 15) is 0 Å². The molecule has 0 saturated carbocycles. The lowest BCUT2D eigenvalue weighted by molar-refractivity contribution is 0.714. The number of hydrogen-bond donors (Lipinski definition) is 0. The van der Waals surface area contributed by atoms with Gasteiger partial charge in [0.15, 0.2) is 0 Å². The van der Waals surface area contributed by atoms with Gasteiger partial charge in [-0.2, -0.15) is 0 Å². The summed E-state index contributed by atoms with van der Waals surface area (Å²) in [4.78, 5) is 0. The van der Waals surface area contributed by atoms with Crippen molar-refractivity contribution in [1.29, 1.82) is 0 Å². The van der Waals surface area contributed by atoms with Crippen molar-refractivity contribution < 1.29 is 0 Å². The summed E-state index contributed by atoms with van der Waals surface area (Å²) in [5.74, 6) is 0. The van der Waals surface area contributed by atoms with Crippen molar-refractivity contribution in [3.8, 4) is 33.4 Å². The second kappa shape index (κ2) is 7.89. The minimum absolute atomic E-state index is 0.256. The molecule has 0 saturated heterocycles. The van der Waals surface area contributed by atoms with Gasteiger partial charge in [0.25, 0.3) is 0 Å². The van der Waals surface area contributed by atoms with Crippen molar-refractivity contribution in [3.63, 3.8) is 0 Å². The Hall–Kier alpha value is -3.84. The monoisotopic (exact) mass is 432 g/mol. The molecule has 34 heavy (non-hydrogen) atoms. The average Bonchev–Trinajstić information content (AvgIpc) is 3.13. The minimum Gasteiger partial charge on any atom is -0.0963 e. The zero-order valence-electron chi connectivity index (χ0n) is 19.5. The molecule has 5 aromatic rings. The highest BCUT2D eigenvalue weighted by Crippen LogP contribution is 2.52. The molecule has 0 N–H and O–H groups in total. The maximum atomic E-state index is 6.27. The summed E-state index contributed by atoms with van der Waals surface area (Å²) >= 11 is 0. The average molecular weight is 432 g/mol. The van der Waals surface area contributed by atoms with Crippen LogP contribution in [0.5, 0.6) is 0 Å². The highest BCUT2D eigenvalue weighted by Gasteiger charge is 2.40. The Labute approximate surface area is 203 Å². The Balaban J connectivity index is 1.49. The van der Waals surface area contributed by atoms with Crippen molar-refractivity contribution in [3.05, 3.63) is 138 Å². The molecular formula is C33H25B. The third-order valence-electron chi connectivity index (χ3n) is 7.38. The Kier molecular flexibility index (Phi) is 4.81. The molecule has 0 amide bonds. The molecular weight excluding hydrogens is 407 g/mol. The third-order valence-corrected chi connectivity index (χ3v) is 7.38. The van der Waals surface area contributed by atoms with Gasteiger partial charge in [0, 0.05) is 5.41 Å². The van der Waals surface area contributed by atoms with Crippen LogP contribution in [0, 0.1) is 6.92 Å². The first kappa shape index (κ1) is 20.7. The van der Waals surface area contributed by atoms with Crippen LogP contribution in [-0.2, 0) is 5.41 Å². The smallest absolute Gasteiger partial charge is 0.0963 e. The lowest BCUT2D eigenvalue weighted by Crippen LogP contribution is -2.23. The molecule has 0 aromatic heterocycles. The fourth-order valence-electron chi connectivity index (χ4n) is 5.41. The first-order valence-electron chi connectivity index (χ1n) is 11.8. The summed E-state index contributed by atoms with van der Waals surface area (Å²) in [7, 11) is 6.27. The molecule has 0 fully saturated rings. The molecule has 1 aliphatic carbocycles. The molecule has 0 heterocycles. The molecule has 2 radical (unpaired) electrons. The van der Waals surface area contributed by atoms with E-state index in [2.05, 4.69) is 123 Å². The number of rotatable bonds is 3. The topological polar surface area (TPSA) is 0 Å². The Morgan fingerprint density at radius 3 is 1.74 bits per heavy atom. The molecule has 1 unspecified atom stereocenters. The molecule has 6 rings (SSSR count). The minimum atomic E-state index is -0.256. The van der Waals surface area contributed by atoms with Gasteiger partial charge in [-0.1, -0.05) is 120 Å². The van der Waals surface area contributed by atoms with Crippen molar-refractivity contribution >= 4 is 13.3 Å². The first-order chi connectivity index (χ1) is 16.5. The Morgan fingerprint density at radius 2 is 1.06 bits per heavy atom. The van der Waals surface area contributed by atoms with Gasteiger partial charge >= 0.3 is 0 Å². The quantitative estimate of drug-likeness (QED) is 0.260. The maximum absolute atomic E-state index is 6.27. The van der Waals surface area contributed by atoms with E-state index in [1.165, 1.54) is 55.6 Å². The molecule has 1 heteroatoms. The van der Waals surface area contributed by atoms with Crippen LogP contribution in [0.2, 0.25) is 0 Å². The van der Waals surface area contributed by atoms with Gasteiger partial charge in [0.05, 0.1) is 0 Å². The van der Waals surface area contributed by atoms with Gasteiger partial charge in [-0.25, -0.2) is 0 Å². The third kappa shape index (κ3) is 3.23. The second-order valence-corrected chi connectivity index (χ2v) is 9.50.